The lowest BCUT2D eigenvalue weighted by Gasteiger charge is -2.27. The number of anilines is 1. The molecule has 2 heterocycles. The fraction of sp³-hybridized carbons (Fsp3) is 0.562. The zero-order chi connectivity index (χ0) is 15.7. The molecule has 0 N–H and O–H groups in total. The van der Waals surface area contributed by atoms with Gasteiger partial charge in [-0.25, -0.2) is 8.42 Å². The number of aryl methyl sites for hydroxylation is 1. The first-order valence-electron chi connectivity index (χ1n) is 7.89. The third-order valence-electron chi connectivity index (χ3n) is 4.45. The van der Waals surface area contributed by atoms with Gasteiger partial charge in [0.05, 0.1) is 11.4 Å². The first kappa shape index (κ1) is 15.3. The average Bonchev–Trinajstić information content (AvgIpc) is 2.86. The van der Waals surface area contributed by atoms with Crippen LogP contribution in [-0.4, -0.2) is 44.6 Å². The van der Waals surface area contributed by atoms with Crippen LogP contribution < -0.4 is 4.31 Å². The van der Waals surface area contributed by atoms with Crippen molar-refractivity contribution in [3.8, 4) is 0 Å². The van der Waals surface area contributed by atoms with Crippen LogP contribution in [0.1, 0.15) is 41.6 Å². The van der Waals surface area contributed by atoms with Crippen LogP contribution in [0.15, 0.2) is 18.2 Å². The molecule has 2 aliphatic heterocycles. The van der Waals surface area contributed by atoms with Crippen molar-refractivity contribution in [2.75, 3.05) is 29.7 Å². The van der Waals surface area contributed by atoms with Crippen LogP contribution in [0.2, 0.25) is 0 Å². The van der Waals surface area contributed by atoms with E-state index in [9.17, 15) is 13.2 Å². The number of hydrogen-bond donors (Lipinski definition) is 0. The van der Waals surface area contributed by atoms with E-state index in [-0.39, 0.29) is 11.7 Å². The Morgan fingerprint density at radius 3 is 2.36 bits per heavy atom. The molecule has 0 aromatic heterocycles. The van der Waals surface area contributed by atoms with Crippen LogP contribution in [-0.2, 0) is 10.0 Å². The number of hydrogen-bond acceptors (Lipinski definition) is 3. The van der Waals surface area contributed by atoms with Crippen molar-refractivity contribution >= 4 is 21.6 Å². The van der Waals surface area contributed by atoms with Crippen LogP contribution >= 0.6 is 0 Å². The molecule has 1 aromatic rings. The van der Waals surface area contributed by atoms with Crippen molar-refractivity contribution in [1.29, 1.82) is 0 Å². The van der Waals surface area contributed by atoms with Gasteiger partial charge < -0.3 is 4.90 Å². The van der Waals surface area contributed by atoms with E-state index in [1.54, 1.807) is 12.1 Å². The molecular weight excluding hydrogens is 300 g/mol. The summed E-state index contributed by atoms with van der Waals surface area (Å²) in [6, 6.07) is 5.35. The fourth-order valence-corrected chi connectivity index (χ4v) is 4.88. The van der Waals surface area contributed by atoms with Gasteiger partial charge in [0.2, 0.25) is 10.0 Å². The molecule has 0 saturated carbocycles. The quantitative estimate of drug-likeness (QED) is 0.838. The number of carbonyl (C=O) groups is 1. The molecule has 0 aliphatic carbocycles. The molecule has 2 aliphatic rings. The molecule has 0 unspecified atom stereocenters. The van der Waals surface area contributed by atoms with E-state index in [4.69, 9.17) is 0 Å². The lowest BCUT2D eigenvalue weighted by Crippen LogP contribution is -2.35. The lowest BCUT2D eigenvalue weighted by atomic mass is 10.1. The summed E-state index contributed by atoms with van der Waals surface area (Å²) in [6.07, 6.45) is 3.98. The third-order valence-corrected chi connectivity index (χ3v) is 6.31. The molecule has 3 rings (SSSR count). The van der Waals surface area contributed by atoms with E-state index in [2.05, 4.69) is 0 Å². The molecule has 22 heavy (non-hydrogen) atoms. The van der Waals surface area contributed by atoms with Crippen LogP contribution in [0.5, 0.6) is 0 Å². The monoisotopic (exact) mass is 322 g/mol. The second-order valence-electron chi connectivity index (χ2n) is 6.10. The van der Waals surface area contributed by atoms with E-state index in [0.717, 1.165) is 31.5 Å². The highest BCUT2D eigenvalue weighted by Gasteiger charge is 2.29. The van der Waals surface area contributed by atoms with E-state index < -0.39 is 10.0 Å². The van der Waals surface area contributed by atoms with Gasteiger partial charge in [-0.15, -0.1) is 0 Å². The van der Waals surface area contributed by atoms with Gasteiger partial charge >= 0.3 is 0 Å². The number of benzene rings is 1. The van der Waals surface area contributed by atoms with Gasteiger partial charge in [-0.05, 0) is 56.4 Å². The maximum absolute atomic E-state index is 12.5. The minimum Gasteiger partial charge on any atom is -0.339 e. The number of likely N-dealkylation sites (tertiary alicyclic amines) is 1. The Kier molecular flexibility index (Phi) is 4.12. The molecule has 120 valence electrons. The van der Waals surface area contributed by atoms with Crippen molar-refractivity contribution in [1.82, 2.24) is 4.90 Å². The standard InChI is InChI=1S/C16H22N2O3S/c1-13-12-14(16(19)17-8-3-2-4-9-17)6-7-15(13)18-10-5-11-22(18,20)21/h6-7,12H,2-5,8-11H2,1H3. The van der Waals surface area contributed by atoms with Crippen molar-refractivity contribution in [3.05, 3.63) is 29.3 Å². The van der Waals surface area contributed by atoms with Gasteiger partial charge in [-0.3, -0.25) is 9.10 Å². The van der Waals surface area contributed by atoms with Crippen molar-refractivity contribution < 1.29 is 13.2 Å². The fourth-order valence-electron chi connectivity index (χ4n) is 3.26. The second kappa shape index (κ2) is 5.91. The van der Waals surface area contributed by atoms with E-state index in [1.807, 2.05) is 17.9 Å². The summed E-state index contributed by atoms with van der Waals surface area (Å²) < 4.78 is 25.5. The second-order valence-corrected chi connectivity index (χ2v) is 8.11. The molecule has 1 amide bonds. The first-order valence-corrected chi connectivity index (χ1v) is 9.50. The van der Waals surface area contributed by atoms with Crippen LogP contribution in [0.25, 0.3) is 0 Å². The highest BCUT2D eigenvalue weighted by atomic mass is 32.2. The minimum absolute atomic E-state index is 0.0543. The maximum Gasteiger partial charge on any atom is 0.253 e. The van der Waals surface area contributed by atoms with Gasteiger partial charge in [-0.2, -0.15) is 0 Å². The van der Waals surface area contributed by atoms with Crippen molar-refractivity contribution in [2.45, 2.75) is 32.6 Å². The Balaban J connectivity index is 1.84. The predicted molar refractivity (Wildman–Crippen MR) is 86.7 cm³/mol. The first-order chi connectivity index (χ1) is 10.5. The summed E-state index contributed by atoms with van der Waals surface area (Å²) >= 11 is 0. The highest BCUT2D eigenvalue weighted by Crippen LogP contribution is 2.28. The summed E-state index contributed by atoms with van der Waals surface area (Å²) in [5, 5.41) is 0. The highest BCUT2D eigenvalue weighted by molar-refractivity contribution is 7.93. The zero-order valence-corrected chi connectivity index (χ0v) is 13.7. The van der Waals surface area contributed by atoms with E-state index in [1.165, 1.54) is 10.7 Å². The SMILES string of the molecule is Cc1cc(C(=O)N2CCCCC2)ccc1N1CCCS1(=O)=O. The number of piperidine rings is 1. The van der Waals surface area contributed by atoms with Crippen LogP contribution in [0.4, 0.5) is 5.69 Å². The molecule has 1 aromatic carbocycles. The van der Waals surface area contributed by atoms with Gasteiger partial charge in [0, 0.05) is 25.2 Å². The molecule has 0 radical (unpaired) electrons. The molecule has 6 heteroatoms. The Morgan fingerprint density at radius 1 is 1.05 bits per heavy atom. The smallest absolute Gasteiger partial charge is 0.253 e. The third kappa shape index (κ3) is 2.84. The maximum atomic E-state index is 12.5. The van der Waals surface area contributed by atoms with Crippen LogP contribution in [0, 0.1) is 6.92 Å². The Labute approximate surface area is 132 Å². The summed E-state index contributed by atoms with van der Waals surface area (Å²) in [7, 11) is -3.18. The normalized spacial score (nSPS) is 21.1. The molecule has 2 fully saturated rings. The number of rotatable bonds is 2. The van der Waals surface area contributed by atoms with Gasteiger partial charge in [0.15, 0.2) is 0 Å². The molecule has 5 nitrogen and oxygen atoms in total. The Hall–Kier alpha value is -1.56. The van der Waals surface area contributed by atoms with Crippen molar-refractivity contribution in [3.63, 3.8) is 0 Å². The van der Waals surface area contributed by atoms with Gasteiger partial charge in [-0.1, -0.05) is 0 Å². The molecule has 0 atom stereocenters. The number of carbonyl (C=O) groups excluding carboxylic acids is 1. The lowest BCUT2D eigenvalue weighted by molar-refractivity contribution is 0.0724. The summed E-state index contributed by atoms with van der Waals surface area (Å²) in [6.45, 7) is 4.04. The molecule has 0 spiro atoms. The van der Waals surface area contributed by atoms with E-state index in [0.29, 0.717) is 24.2 Å². The largest absolute Gasteiger partial charge is 0.339 e. The van der Waals surface area contributed by atoms with Crippen LogP contribution in [0.3, 0.4) is 0 Å². The average molecular weight is 322 g/mol. The molecule has 0 bridgehead atoms. The number of sulfonamides is 1. The zero-order valence-electron chi connectivity index (χ0n) is 12.9. The Morgan fingerprint density at radius 2 is 1.77 bits per heavy atom. The Bertz CT molecular complexity index is 679. The summed E-state index contributed by atoms with van der Waals surface area (Å²) in [5.74, 6) is 0.264. The molecule has 2 saturated heterocycles. The minimum atomic E-state index is -3.18. The van der Waals surface area contributed by atoms with Gasteiger partial charge in [0.1, 0.15) is 0 Å². The number of amides is 1. The molecular formula is C16H22N2O3S. The van der Waals surface area contributed by atoms with E-state index >= 15 is 0 Å². The summed E-state index contributed by atoms with van der Waals surface area (Å²) in [4.78, 5) is 14.4. The van der Waals surface area contributed by atoms with Gasteiger partial charge in [0.25, 0.3) is 5.91 Å². The topological polar surface area (TPSA) is 57.7 Å². The predicted octanol–water partition coefficient (Wildman–Crippen LogP) is 2.16. The van der Waals surface area contributed by atoms with Crippen molar-refractivity contribution in [2.24, 2.45) is 0 Å². The number of nitrogens with zero attached hydrogens (tertiary/aromatic N) is 2. The summed E-state index contributed by atoms with van der Waals surface area (Å²) in [5.41, 5.74) is 2.20.